The van der Waals surface area contributed by atoms with Crippen LogP contribution < -0.4 is 5.32 Å². The molecule has 2 saturated carbocycles. The maximum atomic E-state index is 3.89. The van der Waals surface area contributed by atoms with Crippen molar-refractivity contribution in [2.45, 2.75) is 83.3 Å². The Labute approximate surface area is 119 Å². The molecule has 3 rings (SSSR count). The number of nitrogens with zero attached hydrogens (tertiary/aromatic N) is 1. The van der Waals surface area contributed by atoms with Crippen molar-refractivity contribution in [3.8, 4) is 0 Å². The van der Waals surface area contributed by atoms with Crippen molar-refractivity contribution in [3.05, 3.63) is 0 Å². The minimum atomic E-state index is 0.457. The smallest absolute Gasteiger partial charge is 0.0337 e. The van der Waals surface area contributed by atoms with Crippen LogP contribution >= 0.6 is 0 Å². The van der Waals surface area contributed by atoms with Gasteiger partial charge >= 0.3 is 0 Å². The highest BCUT2D eigenvalue weighted by atomic mass is 15.3. The van der Waals surface area contributed by atoms with Crippen LogP contribution in [0.3, 0.4) is 0 Å². The molecule has 3 aliphatic rings. The lowest BCUT2D eigenvalue weighted by Crippen LogP contribution is -2.67. The molecule has 0 aromatic heterocycles. The van der Waals surface area contributed by atoms with E-state index in [9.17, 15) is 0 Å². The highest BCUT2D eigenvalue weighted by Gasteiger charge is 2.50. The summed E-state index contributed by atoms with van der Waals surface area (Å²) in [6.45, 7) is 9.82. The Morgan fingerprint density at radius 2 is 1.89 bits per heavy atom. The van der Waals surface area contributed by atoms with E-state index in [1.54, 1.807) is 0 Å². The monoisotopic (exact) mass is 264 g/mol. The van der Waals surface area contributed by atoms with Crippen LogP contribution in [-0.4, -0.2) is 35.6 Å². The first-order valence-corrected chi connectivity index (χ1v) is 8.65. The lowest BCUT2D eigenvalue weighted by Gasteiger charge is -2.52. The molecule has 3 atom stereocenters. The van der Waals surface area contributed by atoms with Gasteiger partial charge in [-0.15, -0.1) is 0 Å². The van der Waals surface area contributed by atoms with Gasteiger partial charge in [0.05, 0.1) is 0 Å². The van der Waals surface area contributed by atoms with Crippen molar-refractivity contribution in [3.63, 3.8) is 0 Å². The molecule has 2 aliphatic carbocycles. The number of nitrogens with one attached hydrogen (secondary N) is 1. The van der Waals surface area contributed by atoms with E-state index in [1.165, 1.54) is 58.0 Å². The van der Waals surface area contributed by atoms with Crippen molar-refractivity contribution in [2.75, 3.05) is 13.1 Å². The fourth-order valence-electron chi connectivity index (χ4n) is 4.46. The van der Waals surface area contributed by atoms with E-state index in [1.807, 2.05) is 0 Å². The molecule has 0 bridgehead atoms. The highest BCUT2D eigenvalue weighted by Crippen LogP contribution is 2.46. The van der Waals surface area contributed by atoms with Gasteiger partial charge in [0.1, 0.15) is 0 Å². The molecule has 19 heavy (non-hydrogen) atoms. The lowest BCUT2D eigenvalue weighted by molar-refractivity contribution is -0.00932. The van der Waals surface area contributed by atoms with Gasteiger partial charge in [-0.05, 0) is 44.4 Å². The molecule has 0 amide bonds. The van der Waals surface area contributed by atoms with Crippen molar-refractivity contribution < 1.29 is 0 Å². The van der Waals surface area contributed by atoms with Crippen LogP contribution in [0.25, 0.3) is 0 Å². The van der Waals surface area contributed by atoms with Crippen LogP contribution in [0.15, 0.2) is 0 Å². The maximum absolute atomic E-state index is 3.89. The predicted molar refractivity (Wildman–Crippen MR) is 81.3 cm³/mol. The molecule has 2 nitrogen and oxygen atoms in total. The van der Waals surface area contributed by atoms with Crippen LogP contribution in [0.4, 0.5) is 0 Å². The van der Waals surface area contributed by atoms with E-state index >= 15 is 0 Å². The Bertz CT molecular complexity index is 306. The largest absolute Gasteiger partial charge is 0.311 e. The first-order valence-electron chi connectivity index (χ1n) is 8.65. The summed E-state index contributed by atoms with van der Waals surface area (Å²) in [5, 5.41) is 3.89. The Balaban J connectivity index is 1.75. The molecular weight excluding hydrogens is 232 g/mol. The van der Waals surface area contributed by atoms with Gasteiger partial charge in [0, 0.05) is 30.7 Å². The molecule has 1 aliphatic heterocycles. The molecule has 0 radical (unpaired) electrons. The molecule has 0 aromatic carbocycles. The Hall–Kier alpha value is -0.0800. The van der Waals surface area contributed by atoms with E-state index in [4.69, 9.17) is 0 Å². The van der Waals surface area contributed by atoms with Gasteiger partial charge in [-0.25, -0.2) is 0 Å². The SMILES string of the molecule is CCC(C)C1CN(C2CCCC2)C(C)(C2CC2)CN1. The highest BCUT2D eigenvalue weighted by molar-refractivity contribution is 5.07. The van der Waals surface area contributed by atoms with Gasteiger partial charge in [0.2, 0.25) is 0 Å². The minimum absolute atomic E-state index is 0.457. The van der Waals surface area contributed by atoms with Gasteiger partial charge in [-0.3, -0.25) is 4.90 Å². The van der Waals surface area contributed by atoms with Crippen molar-refractivity contribution >= 4 is 0 Å². The van der Waals surface area contributed by atoms with E-state index < -0.39 is 0 Å². The molecular formula is C17H32N2. The Morgan fingerprint density at radius 1 is 1.21 bits per heavy atom. The van der Waals surface area contributed by atoms with E-state index in [-0.39, 0.29) is 0 Å². The molecule has 1 N–H and O–H groups in total. The van der Waals surface area contributed by atoms with E-state index in [0.29, 0.717) is 5.54 Å². The zero-order valence-corrected chi connectivity index (χ0v) is 13.1. The second-order valence-corrected chi connectivity index (χ2v) is 7.60. The van der Waals surface area contributed by atoms with E-state index in [2.05, 4.69) is 31.0 Å². The van der Waals surface area contributed by atoms with Crippen LogP contribution in [0.2, 0.25) is 0 Å². The van der Waals surface area contributed by atoms with Crippen molar-refractivity contribution in [2.24, 2.45) is 11.8 Å². The third kappa shape index (κ3) is 2.58. The fourth-order valence-corrected chi connectivity index (χ4v) is 4.46. The number of piperazine rings is 1. The van der Waals surface area contributed by atoms with Crippen LogP contribution in [-0.2, 0) is 0 Å². The number of rotatable bonds is 4. The summed E-state index contributed by atoms with van der Waals surface area (Å²) in [5.41, 5.74) is 0.457. The molecule has 3 fully saturated rings. The molecule has 1 saturated heterocycles. The molecule has 110 valence electrons. The Kier molecular flexibility index (Phi) is 3.92. The quantitative estimate of drug-likeness (QED) is 0.837. The van der Waals surface area contributed by atoms with Crippen LogP contribution in [0.1, 0.15) is 65.7 Å². The molecule has 1 heterocycles. The lowest BCUT2D eigenvalue weighted by atomic mass is 9.84. The fraction of sp³-hybridized carbons (Fsp3) is 1.00. The molecule has 0 spiro atoms. The van der Waals surface area contributed by atoms with Crippen molar-refractivity contribution in [1.82, 2.24) is 10.2 Å². The van der Waals surface area contributed by atoms with Gasteiger partial charge in [0.15, 0.2) is 0 Å². The second-order valence-electron chi connectivity index (χ2n) is 7.60. The predicted octanol–water partition coefficient (Wildman–Crippen LogP) is 3.42. The second kappa shape index (κ2) is 5.37. The standard InChI is InChI=1S/C17H32N2/c1-4-13(2)16-11-19(15-7-5-6-8-15)17(3,12-18-16)14-9-10-14/h13-16,18H,4-12H2,1-3H3. The normalized spacial score (nSPS) is 39.6. The summed E-state index contributed by atoms with van der Waals surface area (Å²) in [5.74, 6) is 1.78. The first kappa shape index (κ1) is 13.9. The van der Waals surface area contributed by atoms with Gasteiger partial charge in [0.25, 0.3) is 0 Å². The first-order chi connectivity index (χ1) is 9.15. The zero-order chi connectivity index (χ0) is 13.5. The third-order valence-corrected chi connectivity index (χ3v) is 6.32. The Morgan fingerprint density at radius 3 is 2.47 bits per heavy atom. The topological polar surface area (TPSA) is 15.3 Å². The average molecular weight is 264 g/mol. The van der Waals surface area contributed by atoms with E-state index in [0.717, 1.165) is 23.9 Å². The van der Waals surface area contributed by atoms with Gasteiger partial charge in [-0.1, -0.05) is 33.1 Å². The summed E-state index contributed by atoms with van der Waals surface area (Å²) in [4.78, 5) is 2.95. The van der Waals surface area contributed by atoms with Crippen molar-refractivity contribution in [1.29, 1.82) is 0 Å². The maximum Gasteiger partial charge on any atom is 0.0337 e. The van der Waals surface area contributed by atoms with Crippen LogP contribution in [0, 0.1) is 11.8 Å². The molecule has 3 unspecified atom stereocenters. The zero-order valence-electron chi connectivity index (χ0n) is 13.1. The third-order valence-electron chi connectivity index (χ3n) is 6.32. The molecule has 2 heteroatoms. The van der Waals surface area contributed by atoms with Crippen LogP contribution in [0.5, 0.6) is 0 Å². The van der Waals surface area contributed by atoms with Gasteiger partial charge in [-0.2, -0.15) is 0 Å². The molecule has 0 aromatic rings. The summed E-state index contributed by atoms with van der Waals surface area (Å²) in [6, 6.07) is 1.61. The summed E-state index contributed by atoms with van der Waals surface area (Å²) in [6.07, 6.45) is 10.1. The summed E-state index contributed by atoms with van der Waals surface area (Å²) >= 11 is 0. The number of hydrogen-bond acceptors (Lipinski definition) is 2. The minimum Gasteiger partial charge on any atom is -0.311 e. The number of hydrogen-bond donors (Lipinski definition) is 1. The summed E-state index contributed by atoms with van der Waals surface area (Å²) in [7, 11) is 0. The summed E-state index contributed by atoms with van der Waals surface area (Å²) < 4.78 is 0. The van der Waals surface area contributed by atoms with Gasteiger partial charge < -0.3 is 5.32 Å². The average Bonchev–Trinajstić information content (AvgIpc) is 3.16.